The van der Waals surface area contributed by atoms with Gasteiger partial charge in [-0.2, -0.15) is 0 Å². The van der Waals surface area contributed by atoms with E-state index in [0.29, 0.717) is 11.6 Å². The molecule has 0 fully saturated rings. The first kappa shape index (κ1) is 13.0. The van der Waals surface area contributed by atoms with Gasteiger partial charge in [0.1, 0.15) is 0 Å². The molecule has 0 heterocycles. The SMILES string of the molecule is CC(=O)N(O)CCC(C)c1ccc(Cl)cc1. The van der Waals surface area contributed by atoms with Gasteiger partial charge >= 0.3 is 0 Å². The van der Waals surface area contributed by atoms with Crippen molar-refractivity contribution >= 4 is 17.5 Å². The second-order valence-corrected chi connectivity index (χ2v) is 4.32. The maximum atomic E-state index is 10.8. The predicted molar refractivity (Wildman–Crippen MR) is 63.7 cm³/mol. The molecular formula is C12H16ClNO2. The smallest absolute Gasteiger partial charge is 0.242 e. The average Bonchev–Trinajstić information content (AvgIpc) is 2.26. The van der Waals surface area contributed by atoms with Crippen molar-refractivity contribution in [2.45, 2.75) is 26.2 Å². The Morgan fingerprint density at radius 1 is 1.44 bits per heavy atom. The first-order chi connectivity index (χ1) is 7.50. The Labute approximate surface area is 101 Å². The number of benzene rings is 1. The van der Waals surface area contributed by atoms with Crippen molar-refractivity contribution in [3.63, 3.8) is 0 Å². The molecule has 0 aliphatic rings. The molecule has 1 atom stereocenters. The van der Waals surface area contributed by atoms with Crippen LogP contribution < -0.4 is 0 Å². The summed E-state index contributed by atoms with van der Waals surface area (Å²) >= 11 is 5.79. The average molecular weight is 242 g/mol. The van der Waals surface area contributed by atoms with Crippen LogP contribution in [0.15, 0.2) is 24.3 Å². The summed E-state index contributed by atoms with van der Waals surface area (Å²) in [5, 5.41) is 10.7. The minimum atomic E-state index is -0.330. The van der Waals surface area contributed by atoms with Gasteiger partial charge in [0.15, 0.2) is 0 Å². The number of hydrogen-bond acceptors (Lipinski definition) is 2. The molecule has 0 aromatic heterocycles. The van der Waals surface area contributed by atoms with Gasteiger partial charge in [-0.3, -0.25) is 10.0 Å². The number of halogens is 1. The molecule has 0 aliphatic heterocycles. The maximum absolute atomic E-state index is 10.8. The zero-order valence-electron chi connectivity index (χ0n) is 9.48. The summed E-state index contributed by atoms with van der Waals surface area (Å²) in [6.45, 7) is 3.74. The third kappa shape index (κ3) is 3.83. The second-order valence-electron chi connectivity index (χ2n) is 3.88. The maximum Gasteiger partial charge on any atom is 0.242 e. The van der Waals surface area contributed by atoms with E-state index in [4.69, 9.17) is 11.6 Å². The van der Waals surface area contributed by atoms with Crippen molar-refractivity contribution in [2.75, 3.05) is 6.54 Å². The fourth-order valence-corrected chi connectivity index (χ4v) is 1.56. The van der Waals surface area contributed by atoms with Gasteiger partial charge in [0.2, 0.25) is 5.91 Å². The van der Waals surface area contributed by atoms with Gasteiger partial charge < -0.3 is 0 Å². The fraction of sp³-hybridized carbons (Fsp3) is 0.417. The molecule has 0 radical (unpaired) electrons. The van der Waals surface area contributed by atoms with Gasteiger partial charge in [-0.25, -0.2) is 5.06 Å². The van der Waals surface area contributed by atoms with Crippen molar-refractivity contribution in [3.05, 3.63) is 34.9 Å². The first-order valence-electron chi connectivity index (χ1n) is 5.23. The van der Waals surface area contributed by atoms with Gasteiger partial charge in [0.05, 0.1) is 0 Å². The summed E-state index contributed by atoms with van der Waals surface area (Å²) in [4.78, 5) is 10.8. The molecular weight excluding hydrogens is 226 g/mol. The number of carbonyl (C=O) groups is 1. The molecule has 0 saturated heterocycles. The van der Waals surface area contributed by atoms with Crippen LogP contribution in [0.5, 0.6) is 0 Å². The van der Waals surface area contributed by atoms with Crippen LogP contribution in [0.3, 0.4) is 0 Å². The van der Waals surface area contributed by atoms with Gasteiger partial charge in [-0.05, 0) is 30.0 Å². The molecule has 0 aliphatic carbocycles. The number of hydroxylamine groups is 2. The molecule has 0 saturated carbocycles. The number of carbonyl (C=O) groups excluding carboxylic acids is 1. The highest BCUT2D eigenvalue weighted by Gasteiger charge is 2.09. The molecule has 1 aromatic rings. The van der Waals surface area contributed by atoms with Crippen LogP contribution in [0.1, 0.15) is 31.7 Å². The lowest BCUT2D eigenvalue weighted by molar-refractivity contribution is -0.162. The molecule has 1 N–H and O–H groups in total. The Balaban J connectivity index is 2.49. The lowest BCUT2D eigenvalue weighted by Gasteiger charge is -2.16. The highest BCUT2D eigenvalue weighted by Crippen LogP contribution is 2.21. The Bertz CT molecular complexity index is 351. The van der Waals surface area contributed by atoms with E-state index in [1.807, 2.05) is 24.3 Å². The normalized spacial score (nSPS) is 12.2. The summed E-state index contributed by atoms with van der Waals surface area (Å²) in [7, 11) is 0. The van der Waals surface area contributed by atoms with E-state index in [-0.39, 0.29) is 11.8 Å². The molecule has 88 valence electrons. The van der Waals surface area contributed by atoms with Crippen LogP contribution in [0.2, 0.25) is 5.02 Å². The van der Waals surface area contributed by atoms with Crippen LogP contribution in [0.25, 0.3) is 0 Å². The lowest BCUT2D eigenvalue weighted by Crippen LogP contribution is -2.26. The van der Waals surface area contributed by atoms with Crippen LogP contribution in [0, 0.1) is 0 Å². The van der Waals surface area contributed by atoms with Crippen molar-refractivity contribution in [1.82, 2.24) is 5.06 Å². The van der Waals surface area contributed by atoms with Crippen LogP contribution in [-0.4, -0.2) is 22.7 Å². The van der Waals surface area contributed by atoms with E-state index in [0.717, 1.165) is 17.0 Å². The summed E-state index contributed by atoms with van der Waals surface area (Å²) < 4.78 is 0. The van der Waals surface area contributed by atoms with E-state index in [9.17, 15) is 10.0 Å². The molecule has 4 heteroatoms. The minimum Gasteiger partial charge on any atom is -0.286 e. The second kappa shape index (κ2) is 5.87. The molecule has 1 amide bonds. The molecule has 16 heavy (non-hydrogen) atoms. The Morgan fingerprint density at radius 2 is 2.00 bits per heavy atom. The summed E-state index contributed by atoms with van der Waals surface area (Å²) in [5.41, 5.74) is 1.15. The predicted octanol–water partition coefficient (Wildman–Crippen LogP) is 3.07. The Hall–Kier alpha value is -1.06. The fourth-order valence-electron chi connectivity index (χ4n) is 1.43. The number of amides is 1. The largest absolute Gasteiger partial charge is 0.286 e. The van der Waals surface area contributed by atoms with Crippen LogP contribution in [0.4, 0.5) is 0 Å². The third-order valence-corrected chi connectivity index (χ3v) is 2.83. The van der Waals surface area contributed by atoms with Gasteiger partial charge in [-0.1, -0.05) is 30.7 Å². The molecule has 3 nitrogen and oxygen atoms in total. The molecule has 1 aromatic carbocycles. The van der Waals surface area contributed by atoms with Crippen molar-refractivity contribution in [1.29, 1.82) is 0 Å². The van der Waals surface area contributed by atoms with Crippen molar-refractivity contribution in [3.8, 4) is 0 Å². The van der Waals surface area contributed by atoms with E-state index in [1.165, 1.54) is 6.92 Å². The van der Waals surface area contributed by atoms with Gasteiger partial charge in [0, 0.05) is 18.5 Å². The quantitative estimate of drug-likeness (QED) is 0.650. The zero-order chi connectivity index (χ0) is 12.1. The molecule has 0 spiro atoms. The summed E-state index contributed by atoms with van der Waals surface area (Å²) in [6.07, 6.45) is 0.720. The van der Waals surface area contributed by atoms with Crippen molar-refractivity contribution < 1.29 is 10.0 Å². The van der Waals surface area contributed by atoms with E-state index >= 15 is 0 Å². The summed E-state index contributed by atoms with van der Waals surface area (Å²) in [6, 6.07) is 7.61. The number of rotatable bonds is 4. The Morgan fingerprint density at radius 3 is 2.50 bits per heavy atom. The Kier molecular flexibility index (Phi) is 4.77. The highest BCUT2D eigenvalue weighted by atomic mass is 35.5. The minimum absolute atomic E-state index is 0.284. The van der Waals surface area contributed by atoms with E-state index in [1.54, 1.807) is 0 Å². The topological polar surface area (TPSA) is 40.5 Å². The molecule has 1 unspecified atom stereocenters. The van der Waals surface area contributed by atoms with E-state index in [2.05, 4.69) is 6.92 Å². The summed E-state index contributed by atoms with van der Waals surface area (Å²) in [5.74, 6) is -0.0467. The van der Waals surface area contributed by atoms with Crippen molar-refractivity contribution in [2.24, 2.45) is 0 Å². The number of hydrogen-bond donors (Lipinski definition) is 1. The molecule has 0 bridgehead atoms. The van der Waals surface area contributed by atoms with Gasteiger partial charge in [0.25, 0.3) is 0 Å². The zero-order valence-corrected chi connectivity index (χ0v) is 10.2. The lowest BCUT2D eigenvalue weighted by atomic mass is 9.98. The highest BCUT2D eigenvalue weighted by molar-refractivity contribution is 6.30. The van der Waals surface area contributed by atoms with Crippen LogP contribution in [-0.2, 0) is 4.79 Å². The number of nitrogens with zero attached hydrogens (tertiary/aromatic N) is 1. The first-order valence-corrected chi connectivity index (χ1v) is 5.61. The molecule has 1 rings (SSSR count). The standard InChI is InChI=1S/C12H16ClNO2/c1-9(7-8-14(16)10(2)15)11-3-5-12(13)6-4-11/h3-6,9,16H,7-8H2,1-2H3. The van der Waals surface area contributed by atoms with E-state index < -0.39 is 0 Å². The monoisotopic (exact) mass is 241 g/mol. The van der Waals surface area contributed by atoms with Crippen LogP contribution >= 0.6 is 11.6 Å². The third-order valence-electron chi connectivity index (χ3n) is 2.58. The van der Waals surface area contributed by atoms with Gasteiger partial charge in [-0.15, -0.1) is 0 Å².